The summed E-state index contributed by atoms with van der Waals surface area (Å²) < 4.78 is 5.46. The van der Waals surface area contributed by atoms with Gasteiger partial charge < -0.3 is 25.7 Å². The molecule has 1 aliphatic rings. The number of piperidine rings is 1. The first-order chi connectivity index (χ1) is 18.2. The molecule has 0 bridgehead atoms. The lowest BCUT2D eigenvalue weighted by atomic mass is 9.96. The normalized spacial score (nSPS) is 14.9. The Labute approximate surface area is 217 Å². The zero-order chi connectivity index (χ0) is 25.5. The van der Waals surface area contributed by atoms with E-state index in [1.807, 2.05) is 36.5 Å². The second-order valence-electron chi connectivity index (χ2n) is 9.74. The Hall–Kier alpha value is -3.84. The van der Waals surface area contributed by atoms with Crippen molar-refractivity contribution in [2.24, 2.45) is 5.92 Å². The molecule has 0 radical (unpaired) electrons. The maximum Gasteiger partial charge on any atom is 0.407 e. The second kappa shape index (κ2) is 11.9. The van der Waals surface area contributed by atoms with Crippen LogP contribution in [0.5, 0.6) is 0 Å². The number of benzene rings is 3. The van der Waals surface area contributed by atoms with E-state index < -0.39 is 6.09 Å². The summed E-state index contributed by atoms with van der Waals surface area (Å²) >= 11 is 0. The molecule has 1 saturated heterocycles. The van der Waals surface area contributed by atoms with Gasteiger partial charge in [-0.15, -0.1) is 0 Å². The van der Waals surface area contributed by atoms with Crippen molar-refractivity contribution in [2.75, 3.05) is 26.2 Å². The number of hydrogen-bond donors (Lipinski definition) is 4. The molecule has 2 amide bonds. The van der Waals surface area contributed by atoms with Crippen LogP contribution in [0, 0.1) is 5.92 Å². The van der Waals surface area contributed by atoms with Crippen LogP contribution in [0.1, 0.15) is 24.0 Å². The molecule has 4 N–H and O–H groups in total. The number of carbonyl (C=O) groups excluding carboxylic acids is 2. The number of aromatic nitrogens is 1. The highest BCUT2D eigenvalue weighted by molar-refractivity contribution is 5.84. The fraction of sp³-hybridized carbons (Fsp3) is 0.333. The number of rotatable bonds is 9. The molecule has 192 valence electrons. The number of hydrogen-bond acceptors (Lipinski definition) is 4. The molecule has 7 nitrogen and oxygen atoms in total. The van der Waals surface area contributed by atoms with Gasteiger partial charge in [0.25, 0.3) is 0 Å². The molecule has 1 aliphatic heterocycles. The molecule has 0 saturated carbocycles. The summed E-state index contributed by atoms with van der Waals surface area (Å²) in [5.41, 5.74) is 3.30. The molecule has 5 rings (SSSR count). The van der Waals surface area contributed by atoms with E-state index >= 15 is 0 Å². The first-order valence-electron chi connectivity index (χ1n) is 13.1. The second-order valence-corrected chi connectivity index (χ2v) is 9.74. The molecular formula is C30H34N4O3. The summed E-state index contributed by atoms with van der Waals surface area (Å²) in [5, 5.41) is 12.9. The third kappa shape index (κ3) is 6.49. The Morgan fingerprint density at radius 1 is 0.973 bits per heavy atom. The van der Waals surface area contributed by atoms with E-state index in [1.165, 1.54) is 5.39 Å². The molecule has 4 aromatic rings. The number of para-hydroxylation sites is 1. The number of carbonyl (C=O) groups is 2. The third-order valence-corrected chi connectivity index (χ3v) is 7.12. The number of ether oxygens (including phenoxy) is 1. The number of alkyl carbamates (subject to hydrolysis) is 1. The van der Waals surface area contributed by atoms with Crippen LogP contribution in [0.3, 0.4) is 0 Å². The zero-order valence-corrected chi connectivity index (χ0v) is 21.0. The van der Waals surface area contributed by atoms with Crippen molar-refractivity contribution in [3.05, 3.63) is 84.1 Å². The van der Waals surface area contributed by atoms with Crippen LogP contribution >= 0.6 is 0 Å². The van der Waals surface area contributed by atoms with Gasteiger partial charge in [-0.2, -0.15) is 0 Å². The maximum atomic E-state index is 13.0. The Balaban J connectivity index is 1.18. The highest BCUT2D eigenvalue weighted by Gasteiger charge is 2.24. The molecule has 1 atom stereocenters. The molecule has 3 aromatic carbocycles. The van der Waals surface area contributed by atoms with Crippen molar-refractivity contribution >= 4 is 33.7 Å². The molecule has 0 aliphatic carbocycles. The molecule has 0 unspecified atom stereocenters. The number of nitrogens with one attached hydrogen (secondary N) is 4. The van der Waals surface area contributed by atoms with Crippen LogP contribution in [0.15, 0.2) is 72.9 Å². The van der Waals surface area contributed by atoms with Crippen LogP contribution in [0.4, 0.5) is 4.79 Å². The smallest absolute Gasteiger partial charge is 0.407 e. The van der Waals surface area contributed by atoms with Gasteiger partial charge in [0, 0.05) is 36.0 Å². The van der Waals surface area contributed by atoms with Gasteiger partial charge in [-0.1, -0.05) is 60.7 Å². The first kappa shape index (κ1) is 24.8. The minimum Gasteiger partial charge on any atom is -0.449 e. The average Bonchev–Trinajstić information content (AvgIpc) is 3.35. The van der Waals surface area contributed by atoms with Gasteiger partial charge in [-0.05, 0) is 60.3 Å². The summed E-state index contributed by atoms with van der Waals surface area (Å²) in [4.78, 5) is 28.7. The van der Waals surface area contributed by atoms with Crippen molar-refractivity contribution < 1.29 is 14.3 Å². The summed E-state index contributed by atoms with van der Waals surface area (Å²) in [6.07, 6.45) is 4.40. The van der Waals surface area contributed by atoms with Gasteiger partial charge in [0.1, 0.15) is 0 Å². The van der Waals surface area contributed by atoms with E-state index in [0.717, 1.165) is 53.3 Å². The molecule has 1 fully saturated rings. The first-order valence-corrected chi connectivity index (χ1v) is 13.1. The minimum absolute atomic E-state index is 0.00322. The Morgan fingerprint density at radius 2 is 1.76 bits per heavy atom. The van der Waals surface area contributed by atoms with Gasteiger partial charge in [0.2, 0.25) is 5.91 Å². The number of H-pyrrole nitrogens is 1. The summed E-state index contributed by atoms with van der Waals surface area (Å²) in [6, 6.07) is 22.4. The van der Waals surface area contributed by atoms with Crippen molar-refractivity contribution in [3.8, 4) is 0 Å². The predicted octanol–water partition coefficient (Wildman–Crippen LogP) is 4.32. The lowest BCUT2D eigenvalue weighted by molar-refractivity contribution is -0.126. The van der Waals surface area contributed by atoms with Crippen molar-refractivity contribution in [3.63, 3.8) is 0 Å². The Kier molecular flexibility index (Phi) is 8.01. The molecule has 7 heteroatoms. The van der Waals surface area contributed by atoms with E-state index in [-0.39, 0.29) is 24.5 Å². The van der Waals surface area contributed by atoms with Crippen LogP contribution in [0.2, 0.25) is 0 Å². The van der Waals surface area contributed by atoms with E-state index in [9.17, 15) is 9.59 Å². The van der Waals surface area contributed by atoms with Gasteiger partial charge in [0.05, 0.1) is 12.6 Å². The van der Waals surface area contributed by atoms with Crippen LogP contribution in [0.25, 0.3) is 21.7 Å². The van der Waals surface area contributed by atoms with Crippen LogP contribution in [-0.2, 0) is 22.4 Å². The molecule has 0 spiro atoms. The van der Waals surface area contributed by atoms with Crippen LogP contribution < -0.4 is 16.0 Å². The van der Waals surface area contributed by atoms with Gasteiger partial charge in [0.15, 0.2) is 0 Å². The number of amides is 2. The van der Waals surface area contributed by atoms with Crippen molar-refractivity contribution in [1.29, 1.82) is 0 Å². The highest BCUT2D eigenvalue weighted by Crippen LogP contribution is 2.19. The predicted molar refractivity (Wildman–Crippen MR) is 147 cm³/mol. The number of fused-ring (bicyclic) bond motifs is 2. The lowest BCUT2D eigenvalue weighted by Crippen LogP contribution is -2.48. The standard InChI is InChI=1S/C30H34N4O3/c35-29(23-11-14-31-15-12-23)34-26(18-21-9-10-22-5-1-2-6-24(22)17-21)20-33-30(36)37-16-13-25-19-32-28-8-4-3-7-27(25)28/h1-10,17,19,23,26,31-32H,11-16,18,20H2,(H,33,36)(H,34,35)/t26-/m1/s1. The van der Waals surface area contributed by atoms with Gasteiger partial charge in [-0.3, -0.25) is 4.79 Å². The molecule has 2 heterocycles. The van der Waals surface area contributed by atoms with E-state index in [1.54, 1.807) is 0 Å². The van der Waals surface area contributed by atoms with E-state index in [0.29, 0.717) is 19.4 Å². The fourth-order valence-corrected chi connectivity index (χ4v) is 5.08. The zero-order valence-electron chi connectivity index (χ0n) is 21.0. The topological polar surface area (TPSA) is 95.2 Å². The van der Waals surface area contributed by atoms with Gasteiger partial charge in [-0.25, -0.2) is 4.79 Å². The average molecular weight is 499 g/mol. The number of aromatic amines is 1. The van der Waals surface area contributed by atoms with E-state index in [4.69, 9.17) is 4.74 Å². The minimum atomic E-state index is -0.473. The fourth-order valence-electron chi connectivity index (χ4n) is 5.08. The van der Waals surface area contributed by atoms with E-state index in [2.05, 4.69) is 57.3 Å². The summed E-state index contributed by atoms with van der Waals surface area (Å²) in [5.74, 6) is 0.0604. The molecular weight excluding hydrogens is 464 g/mol. The summed E-state index contributed by atoms with van der Waals surface area (Å²) in [7, 11) is 0. The third-order valence-electron chi connectivity index (χ3n) is 7.12. The van der Waals surface area contributed by atoms with Gasteiger partial charge >= 0.3 is 6.09 Å². The van der Waals surface area contributed by atoms with Crippen LogP contribution in [-0.4, -0.2) is 49.3 Å². The Morgan fingerprint density at radius 3 is 2.62 bits per heavy atom. The van der Waals surface area contributed by atoms with Crippen molar-refractivity contribution in [1.82, 2.24) is 20.9 Å². The summed E-state index contributed by atoms with van der Waals surface area (Å²) in [6.45, 7) is 2.29. The SMILES string of the molecule is O=C(NC[C@@H](Cc1ccc2ccccc2c1)NC(=O)C1CCNCC1)OCCc1c[nH]c2ccccc12. The quantitative estimate of drug-likeness (QED) is 0.276. The maximum absolute atomic E-state index is 13.0. The lowest BCUT2D eigenvalue weighted by Gasteiger charge is -2.26. The Bertz CT molecular complexity index is 1360. The molecule has 37 heavy (non-hydrogen) atoms. The molecule has 1 aromatic heterocycles. The highest BCUT2D eigenvalue weighted by atomic mass is 16.5. The van der Waals surface area contributed by atoms with Crippen molar-refractivity contribution in [2.45, 2.75) is 31.7 Å². The largest absolute Gasteiger partial charge is 0.449 e. The monoisotopic (exact) mass is 498 g/mol.